The number of carbonyl (C=O) groups excluding carboxylic acids is 2. The highest BCUT2D eigenvalue weighted by atomic mass is 35.5. The molecule has 0 bridgehead atoms. The monoisotopic (exact) mass is 418 g/mol. The molecule has 156 valence electrons. The van der Waals surface area contributed by atoms with Crippen molar-refractivity contribution in [2.24, 2.45) is 0 Å². The van der Waals surface area contributed by atoms with Crippen molar-refractivity contribution in [3.8, 4) is 0 Å². The van der Waals surface area contributed by atoms with Crippen molar-refractivity contribution in [2.45, 2.75) is 58.7 Å². The third-order valence-electron chi connectivity index (χ3n) is 4.48. The zero-order valence-corrected chi connectivity index (χ0v) is 18.1. The van der Waals surface area contributed by atoms with Crippen LogP contribution in [0.3, 0.4) is 0 Å². The number of hydrogen-bond acceptors (Lipinski definition) is 2. The van der Waals surface area contributed by atoms with Crippen LogP contribution in [0.1, 0.15) is 45.2 Å². The van der Waals surface area contributed by atoms with E-state index in [1.807, 2.05) is 39.8 Å². The Morgan fingerprint density at radius 1 is 1.07 bits per heavy atom. The van der Waals surface area contributed by atoms with Gasteiger partial charge < -0.3 is 10.2 Å². The molecular weight excluding hydrogens is 391 g/mol. The lowest BCUT2D eigenvalue weighted by molar-refractivity contribution is -0.141. The number of halogens is 2. The number of nitrogens with zero attached hydrogens (tertiary/aromatic N) is 1. The van der Waals surface area contributed by atoms with Crippen LogP contribution in [0.2, 0.25) is 5.02 Å². The summed E-state index contributed by atoms with van der Waals surface area (Å²) < 4.78 is 14.1. The maximum atomic E-state index is 14.1. The number of nitrogens with one attached hydrogen (secondary N) is 1. The minimum absolute atomic E-state index is 0.129. The summed E-state index contributed by atoms with van der Waals surface area (Å²) in [6, 6.07) is 12.7. The topological polar surface area (TPSA) is 49.4 Å². The van der Waals surface area contributed by atoms with Gasteiger partial charge in [-0.2, -0.15) is 0 Å². The molecule has 1 atom stereocenters. The van der Waals surface area contributed by atoms with Crippen molar-refractivity contribution in [2.75, 3.05) is 0 Å². The number of carbonyl (C=O) groups is 2. The molecular formula is C23H28ClFN2O2. The third-order valence-corrected chi connectivity index (χ3v) is 4.85. The standard InChI is InChI=1S/C23H28ClFN2O2/c1-5-20(22(29)26-23(2,3)4)27(15-17-11-6-8-12-18(17)24)21(28)14-16-10-7-9-13-19(16)25/h6-13,20H,5,14-15H2,1-4H3,(H,26,29)/t20-/m1/s1. The highest BCUT2D eigenvalue weighted by molar-refractivity contribution is 6.31. The summed E-state index contributed by atoms with van der Waals surface area (Å²) in [5, 5.41) is 3.46. The number of hydrogen-bond donors (Lipinski definition) is 1. The predicted molar refractivity (Wildman–Crippen MR) is 114 cm³/mol. The fourth-order valence-electron chi connectivity index (χ4n) is 3.09. The third kappa shape index (κ3) is 6.57. The van der Waals surface area contributed by atoms with Crippen LogP contribution in [0.4, 0.5) is 4.39 Å². The van der Waals surface area contributed by atoms with Crippen LogP contribution in [0.25, 0.3) is 0 Å². The van der Waals surface area contributed by atoms with Crippen molar-refractivity contribution in [3.63, 3.8) is 0 Å². The average Bonchev–Trinajstić information content (AvgIpc) is 2.63. The number of amides is 2. The summed E-state index contributed by atoms with van der Waals surface area (Å²) in [5.74, 6) is -1.01. The molecule has 6 heteroatoms. The molecule has 2 amide bonds. The summed E-state index contributed by atoms with van der Waals surface area (Å²) in [7, 11) is 0. The molecule has 2 aromatic rings. The first-order valence-electron chi connectivity index (χ1n) is 9.70. The Labute approximate surface area is 177 Å². The fourth-order valence-corrected chi connectivity index (χ4v) is 3.28. The molecule has 0 aliphatic heterocycles. The molecule has 2 rings (SSSR count). The molecule has 0 spiro atoms. The minimum Gasteiger partial charge on any atom is -0.350 e. The summed E-state index contributed by atoms with van der Waals surface area (Å²) >= 11 is 6.29. The van der Waals surface area contributed by atoms with E-state index in [4.69, 9.17) is 11.6 Å². The van der Waals surface area contributed by atoms with E-state index in [1.165, 1.54) is 11.0 Å². The Morgan fingerprint density at radius 3 is 2.21 bits per heavy atom. The van der Waals surface area contributed by atoms with Crippen molar-refractivity contribution in [3.05, 3.63) is 70.5 Å². The molecule has 1 N–H and O–H groups in total. The molecule has 2 aromatic carbocycles. The molecule has 0 radical (unpaired) electrons. The smallest absolute Gasteiger partial charge is 0.243 e. The van der Waals surface area contributed by atoms with Gasteiger partial charge in [0.25, 0.3) is 0 Å². The van der Waals surface area contributed by atoms with Crippen molar-refractivity contribution in [1.82, 2.24) is 10.2 Å². The Hall–Kier alpha value is -2.40. The van der Waals surface area contributed by atoms with Crippen LogP contribution in [0, 0.1) is 5.82 Å². The van der Waals surface area contributed by atoms with E-state index in [0.717, 1.165) is 5.56 Å². The summed E-state index contributed by atoms with van der Waals surface area (Å²) in [5.41, 5.74) is 0.598. The number of rotatable bonds is 7. The minimum atomic E-state index is -0.690. The summed E-state index contributed by atoms with van der Waals surface area (Å²) in [6.07, 6.45) is 0.297. The largest absolute Gasteiger partial charge is 0.350 e. The highest BCUT2D eigenvalue weighted by Gasteiger charge is 2.31. The van der Waals surface area contributed by atoms with E-state index in [-0.39, 0.29) is 24.8 Å². The SMILES string of the molecule is CC[C@H](C(=O)NC(C)(C)C)N(Cc1ccccc1Cl)C(=O)Cc1ccccc1F. The summed E-state index contributed by atoms with van der Waals surface area (Å²) in [4.78, 5) is 27.6. The van der Waals surface area contributed by atoms with Crippen LogP contribution in [-0.4, -0.2) is 28.3 Å². The molecule has 0 saturated heterocycles. The van der Waals surface area contributed by atoms with Crippen molar-refractivity contribution >= 4 is 23.4 Å². The van der Waals surface area contributed by atoms with E-state index in [1.54, 1.807) is 30.3 Å². The zero-order chi connectivity index (χ0) is 21.6. The van der Waals surface area contributed by atoms with Gasteiger partial charge in [-0.25, -0.2) is 4.39 Å². The molecule has 0 saturated carbocycles. The maximum absolute atomic E-state index is 14.1. The van der Waals surface area contributed by atoms with E-state index < -0.39 is 17.4 Å². The average molecular weight is 419 g/mol. The van der Waals surface area contributed by atoms with Crippen LogP contribution in [0.15, 0.2) is 48.5 Å². The number of benzene rings is 2. The van der Waals surface area contributed by atoms with E-state index in [2.05, 4.69) is 5.32 Å². The first-order valence-corrected chi connectivity index (χ1v) is 10.1. The lowest BCUT2D eigenvalue weighted by Gasteiger charge is -2.33. The van der Waals surface area contributed by atoms with Gasteiger partial charge in [-0.3, -0.25) is 9.59 Å². The van der Waals surface area contributed by atoms with E-state index in [9.17, 15) is 14.0 Å². The Morgan fingerprint density at radius 2 is 1.66 bits per heavy atom. The molecule has 0 unspecified atom stereocenters. The van der Waals surface area contributed by atoms with Crippen molar-refractivity contribution < 1.29 is 14.0 Å². The second-order valence-corrected chi connectivity index (χ2v) is 8.45. The van der Waals surface area contributed by atoms with Gasteiger partial charge in [0.05, 0.1) is 6.42 Å². The first kappa shape index (κ1) is 22.9. The van der Waals surface area contributed by atoms with Crippen molar-refractivity contribution in [1.29, 1.82) is 0 Å². The predicted octanol–water partition coefficient (Wildman–Crippen LogP) is 4.74. The second-order valence-electron chi connectivity index (χ2n) is 8.04. The van der Waals surface area contributed by atoms with Gasteiger partial charge in [0.1, 0.15) is 11.9 Å². The van der Waals surface area contributed by atoms with Crippen LogP contribution in [0.5, 0.6) is 0 Å². The maximum Gasteiger partial charge on any atom is 0.243 e. The Kier molecular flexibility index (Phi) is 7.80. The normalized spacial score (nSPS) is 12.3. The van der Waals surface area contributed by atoms with Crippen LogP contribution in [-0.2, 0) is 22.6 Å². The molecule has 4 nitrogen and oxygen atoms in total. The van der Waals surface area contributed by atoms with E-state index in [0.29, 0.717) is 17.0 Å². The van der Waals surface area contributed by atoms with Crippen LogP contribution >= 0.6 is 11.6 Å². The second kappa shape index (κ2) is 9.88. The van der Waals surface area contributed by atoms with Gasteiger partial charge in [-0.1, -0.05) is 54.9 Å². The molecule has 0 aliphatic carbocycles. The first-order chi connectivity index (χ1) is 13.6. The lowest BCUT2D eigenvalue weighted by atomic mass is 10.0. The lowest BCUT2D eigenvalue weighted by Crippen LogP contribution is -2.53. The van der Waals surface area contributed by atoms with Gasteiger partial charge in [0.2, 0.25) is 11.8 Å². The van der Waals surface area contributed by atoms with Crippen LogP contribution < -0.4 is 5.32 Å². The molecule has 0 aliphatic rings. The fraction of sp³-hybridized carbons (Fsp3) is 0.391. The zero-order valence-electron chi connectivity index (χ0n) is 17.3. The van der Waals surface area contributed by atoms with Gasteiger partial charge in [0, 0.05) is 17.1 Å². The molecule has 0 fully saturated rings. The Bertz CT molecular complexity index is 864. The molecule has 0 heterocycles. The van der Waals surface area contributed by atoms with Gasteiger partial charge in [-0.05, 0) is 50.5 Å². The van der Waals surface area contributed by atoms with Gasteiger partial charge in [-0.15, -0.1) is 0 Å². The van der Waals surface area contributed by atoms with Gasteiger partial charge in [0.15, 0.2) is 0 Å². The molecule has 0 aromatic heterocycles. The molecule has 29 heavy (non-hydrogen) atoms. The summed E-state index contributed by atoms with van der Waals surface area (Å²) in [6.45, 7) is 7.68. The highest BCUT2D eigenvalue weighted by Crippen LogP contribution is 2.21. The van der Waals surface area contributed by atoms with E-state index >= 15 is 0 Å². The van der Waals surface area contributed by atoms with Gasteiger partial charge >= 0.3 is 0 Å². The Balaban J connectivity index is 2.35. The quantitative estimate of drug-likeness (QED) is 0.705.